The van der Waals surface area contributed by atoms with Crippen molar-refractivity contribution in [2.24, 2.45) is 5.92 Å². The predicted molar refractivity (Wildman–Crippen MR) is 236 cm³/mol. The Balaban J connectivity index is 1.30. The molecule has 1 aliphatic rings. The maximum Gasteiger partial charge on any atom is 0.459 e. The minimum atomic E-state index is -4.40. The van der Waals surface area contributed by atoms with E-state index in [9.17, 15) is 18.9 Å². The molecule has 5 rings (SSSR count). The molecular weight excluding hydrogens is 799 g/mol. The fourth-order valence-corrected chi connectivity index (χ4v) is 9.42. The van der Waals surface area contributed by atoms with Crippen molar-refractivity contribution < 1.29 is 37.4 Å². The number of aliphatic hydroxyl groups excluding tert-OH is 1. The summed E-state index contributed by atoms with van der Waals surface area (Å²) in [5, 5.41) is 14.3. The SMILES string of the molecule is CCCCCCCCCC(CCCCCCCCC)COC(=O)[C@H](Cc1ccccc1)N[P@](=O)(OC[C@@]1(C)O[C@@H](n2cnc3c(N)nc(F)nc32)C[C@@H]1O)Oc1ccccc1. The summed E-state index contributed by atoms with van der Waals surface area (Å²) in [5.41, 5.74) is 5.56. The normalized spacial score (nSPS) is 19.3. The van der Waals surface area contributed by atoms with Gasteiger partial charge < -0.3 is 24.8 Å². The summed E-state index contributed by atoms with van der Waals surface area (Å²) in [4.78, 5) is 25.8. The number of aromatic nitrogens is 4. The molecule has 0 radical (unpaired) electrons. The van der Waals surface area contributed by atoms with Gasteiger partial charge in [0.2, 0.25) is 0 Å². The smallest absolute Gasteiger partial charge is 0.459 e. The second kappa shape index (κ2) is 24.6. The van der Waals surface area contributed by atoms with Crippen molar-refractivity contribution in [3.8, 4) is 5.75 Å². The lowest BCUT2D eigenvalue weighted by Crippen LogP contribution is -2.43. The Hall–Kier alpha value is -3.94. The van der Waals surface area contributed by atoms with Gasteiger partial charge in [-0.15, -0.1) is 0 Å². The van der Waals surface area contributed by atoms with Crippen LogP contribution in [0.4, 0.5) is 10.2 Å². The number of esters is 1. The Morgan fingerprint density at radius 2 is 1.52 bits per heavy atom. The lowest BCUT2D eigenvalue weighted by molar-refractivity contribution is -0.147. The van der Waals surface area contributed by atoms with Gasteiger partial charge in [0.15, 0.2) is 17.0 Å². The number of hydrogen-bond acceptors (Lipinski definition) is 11. The van der Waals surface area contributed by atoms with E-state index in [-0.39, 0.29) is 48.1 Å². The maximum atomic E-state index is 14.9. The number of carbonyl (C=O) groups excluding carboxylic acids is 1. The molecule has 0 saturated carbocycles. The number of para-hydroxylation sites is 1. The van der Waals surface area contributed by atoms with E-state index in [1.54, 1.807) is 37.3 Å². The molecule has 2 aromatic carbocycles. The molecule has 0 unspecified atom stereocenters. The Morgan fingerprint density at radius 1 is 0.934 bits per heavy atom. The highest BCUT2D eigenvalue weighted by atomic mass is 31.2. The number of nitrogens with zero attached hydrogens (tertiary/aromatic N) is 4. The summed E-state index contributed by atoms with van der Waals surface area (Å²) >= 11 is 0. The number of nitrogens with one attached hydrogen (secondary N) is 1. The zero-order chi connectivity index (χ0) is 43.5. The number of nitrogens with two attached hydrogens (primary N) is 1. The van der Waals surface area contributed by atoms with Gasteiger partial charge in [0.1, 0.15) is 23.6 Å². The first-order valence-corrected chi connectivity index (χ1v) is 24.1. The number of fused-ring (bicyclic) bond motifs is 1. The maximum absolute atomic E-state index is 14.9. The van der Waals surface area contributed by atoms with Crippen molar-refractivity contribution in [1.82, 2.24) is 24.6 Å². The van der Waals surface area contributed by atoms with E-state index in [0.717, 1.165) is 31.2 Å². The van der Waals surface area contributed by atoms with Crippen LogP contribution in [0, 0.1) is 12.0 Å². The third kappa shape index (κ3) is 15.1. The highest BCUT2D eigenvalue weighted by molar-refractivity contribution is 7.52. The number of halogens is 1. The van der Waals surface area contributed by atoms with Crippen LogP contribution < -0.4 is 15.3 Å². The van der Waals surface area contributed by atoms with Gasteiger partial charge in [-0.1, -0.05) is 152 Å². The molecule has 13 nitrogen and oxygen atoms in total. The van der Waals surface area contributed by atoms with E-state index in [0.29, 0.717) is 0 Å². The number of rotatable bonds is 29. The van der Waals surface area contributed by atoms with Crippen molar-refractivity contribution in [3.63, 3.8) is 0 Å². The number of carbonyl (C=O) groups is 1. The summed E-state index contributed by atoms with van der Waals surface area (Å²) in [6.07, 6.45) is 17.6. The molecule has 2 aromatic heterocycles. The van der Waals surface area contributed by atoms with Gasteiger partial charge in [0.25, 0.3) is 0 Å². The first-order valence-electron chi connectivity index (χ1n) is 22.5. The lowest BCUT2D eigenvalue weighted by Gasteiger charge is -2.31. The van der Waals surface area contributed by atoms with E-state index in [2.05, 4.69) is 33.9 Å². The highest BCUT2D eigenvalue weighted by Gasteiger charge is 2.48. The van der Waals surface area contributed by atoms with Gasteiger partial charge in [0.05, 0.1) is 25.6 Å². The van der Waals surface area contributed by atoms with Crippen molar-refractivity contribution >= 4 is 30.7 Å². The summed E-state index contributed by atoms with van der Waals surface area (Å²) in [6, 6.07) is 16.9. The highest BCUT2D eigenvalue weighted by Crippen LogP contribution is 2.48. The summed E-state index contributed by atoms with van der Waals surface area (Å²) in [5.74, 6) is -0.222. The number of unbranched alkanes of at least 4 members (excludes halogenated alkanes) is 12. The average molecular weight is 867 g/mol. The van der Waals surface area contributed by atoms with Gasteiger partial charge in [-0.2, -0.15) is 19.4 Å². The lowest BCUT2D eigenvalue weighted by atomic mass is 9.94. The average Bonchev–Trinajstić information content (AvgIpc) is 3.81. The van der Waals surface area contributed by atoms with Crippen molar-refractivity contribution in [2.45, 2.75) is 160 Å². The Kier molecular flexibility index (Phi) is 19.4. The van der Waals surface area contributed by atoms with Gasteiger partial charge in [0, 0.05) is 6.42 Å². The molecule has 5 atom stereocenters. The minimum absolute atomic E-state index is 0.0515. The largest absolute Gasteiger partial charge is 0.464 e. The van der Waals surface area contributed by atoms with Crippen molar-refractivity contribution in [3.05, 3.63) is 78.6 Å². The molecule has 3 heterocycles. The first kappa shape index (κ1) is 48.1. The van der Waals surface area contributed by atoms with Gasteiger partial charge in [-0.25, -0.2) is 9.55 Å². The summed E-state index contributed by atoms with van der Waals surface area (Å²) < 4.78 is 55.2. The minimum Gasteiger partial charge on any atom is -0.464 e. The third-order valence-electron chi connectivity index (χ3n) is 11.5. The van der Waals surface area contributed by atoms with E-state index < -0.39 is 50.4 Å². The van der Waals surface area contributed by atoms with Gasteiger partial charge in [-0.05, 0) is 49.8 Å². The Labute approximate surface area is 361 Å². The molecule has 1 saturated heterocycles. The zero-order valence-electron chi connectivity index (χ0n) is 36.4. The van der Waals surface area contributed by atoms with Gasteiger partial charge in [-0.3, -0.25) is 13.9 Å². The second-order valence-electron chi connectivity index (χ2n) is 16.7. The first-order chi connectivity index (χ1) is 29.5. The van der Waals surface area contributed by atoms with Crippen LogP contribution in [0.2, 0.25) is 0 Å². The molecule has 61 heavy (non-hydrogen) atoms. The molecule has 0 spiro atoms. The molecule has 15 heteroatoms. The standard InChI is InChI=1S/C46H68FN6O7P/c1-4-6-8-10-12-14-18-26-36(27-19-15-13-11-9-7-5-2)32-57-44(55)38(30-35-24-20-16-21-25-35)52-61(56,60-37-28-22-17-23-29-37)58-33-46(3)39(54)31-40(59-46)53-34-49-41-42(48)50-45(47)51-43(41)53/h16-17,20-25,28-29,34,36,38-40,54H,4-15,18-19,26-27,30-33H2,1-3H3,(H,52,56)(H2,48,50,51)/t38-,39-,40+,46+,61-/m0/s1. The van der Waals surface area contributed by atoms with Crippen molar-refractivity contribution in [1.29, 1.82) is 0 Å². The molecule has 336 valence electrons. The topological polar surface area (TPSA) is 173 Å². The zero-order valence-corrected chi connectivity index (χ0v) is 37.3. The van der Waals surface area contributed by atoms with Crippen molar-refractivity contribution in [2.75, 3.05) is 18.9 Å². The van der Waals surface area contributed by atoms with Crippen LogP contribution in [-0.2, 0) is 29.8 Å². The molecule has 0 amide bonds. The molecule has 4 aromatic rings. The summed E-state index contributed by atoms with van der Waals surface area (Å²) in [6.45, 7) is 5.93. The molecule has 1 fully saturated rings. The monoisotopic (exact) mass is 866 g/mol. The van der Waals surface area contributed by atoms with Crippen LogP contribution in [-0.4, -0.2) is 61.6 Å². The fourth-order valence-electron chi connectivity index (χ4n) is 7.84. The number of benzene rings is 2. The number of anilines is 1. The molecule has 0 bridgehead atoms. The number of aliphatic hydroxyl groups is 1. The molecule has 0 aliphatic carbocycles. The Morgan fingerprint density at radius 3 is 2.15 bits per heavy atom. The van der Waals surface area contributed by atoms with E-state index in [1.807, 2.05) is 30.3 Å². The number of ether oxygens (including phenoxy) is 2. The second-order valence-corrected chi connectivity index (χ2v) is 18.4. The van der Waals surface area contributed by atoms with Crippen LogP contribution >= 0.6 is 7.75 Å². The molecule has 4 N–H and O–H groups in total. The van der Waals surface area contributed by atoms with Crippen LogP contribution in [0.3, 0.4) is 0 Å². The van der Waals surface area contributed by atoms with E-state index in [4.69, 9.17) is 24.3 Å². The molecule has 1 aliphatic heterocycles. The predicted octanol–water partition coefficient (Wildman–Crippen LogP) is 10.4. The number of hydrogen-bond donors (Lipinski definition) is 3. The van der Waals surface area contributed by atoms with Crippen LogP contribution in [0.5, 0.6) is 5.75 Å². The summed E-state index contributed by atoms with van der Waals surface area (Å²) in [7, 11) is -4.40. The molecular formula is C46H68FN6O7P. The number of nitrogen functional groups attached to an aromatic ring is 1. The van der Waals surface area contributed by atoms with Gasteiger partial charge >= 0.3 is 19.8 Å². The van der Waals surface area contributed by atoms with Crippen LogP contribution in [0.25, 0.3) is 11.2 Å². The fraction of sp³-hybridized carbons (Fsp3) is 0.609. The third-order valence-corrected chi connectivity index (χ3v) is 13.1. The quantitative estimate of drug-likeness (QED) is 0.0204. The Bertz CT molecular complexity index is 1920. The van der Waals surface area contributed by atoms with Crippen LogP contribution in [0.1, 0.15) is 142 Å². The van der Waals surface area contributed by atoms with E-state index in [1.165, 1.54) is 87.9 Å². The van der Waals surface area contributed by atoms with Crippen LogP contribution in [0.15, 0.2) is 67.0 Å². The number of imidazole rings is 1. The van der Waals surface area contributed by atoms with E-state index >= 15 is 0 Å².